The molecule has 28 nitrogen and oxygen atoms in total. The van der Waals surface area contributed by atoms with Crippen molar-refractivity contribution >= 4 is 138 Å². The number of piperidine rings is 3. The third kappa shape index (κ3) is 18.7. The molecule has 4 unspecified atom stereocenters. The number of hydrogen-bond acceptors (Lipinski definition) is 17. The van der Waals surface area contributed by atoms with Crippen molar-refractivity contribution in [1.29, 1.82) is 0 Å². The number of rotatable bonds is 18. The number of aliphatic hydroxyl groups is 2. The molecule has 10 N–H and O–H groups in total. The van der Waals surface area contributed by atoms with Gasteiger partial charge in [0.25, 0.3) is 22.2 Å². The van der Waals surface area contributed by atoms with Crippen LogP contribution in [0.25, 0.3) is 43.6 Å². The van der Waals surface area contributed by atoms with E-state index in [4.69, 9.17) is 48.9 Å². The van der Waals surface area contributed by atoms with Gasteiger partial charge in [-0.25, -0.2) is 4.98 Å². The van der Waals surface area contributed by atoms with Crippen molar-refractivity contribution in [3.8, 4) is 0 Å². The molecule has 0 bridgehead atoms. The van der Waals surface area contributed by atoms with Crippen molar-refractivity contribution < 1.29 is 29.4 Å². The first kappa shape index (κ1) is 91.9. The van der Waals surface area contributed by atoms with Gasteiger partial charge in [-0.1, -0.05) is 272 Å². The van der Waals surface area contributed by atoms with E-state index in [-0.39, 0.29) is 51.8 Å². The molecule has 682 valence electrons. The Morgan fingerprint density at radius 1 is 0.351 bits per heavy atom. The van der Waals surface area contributed by atoms with Crippen LogP contribution in [0.15, 0.2) is 316 Å². The van der Waals surface area contributed by atoms with Gasteiger partial charge in [-0.2, -0.15) is 0 Å². The Bertz CT molecular complexity index is 7480. The molecule has 4 aliphatic rings. The highest BCUT2D eigenvalue weighted by Crippen LogP contribution is 2.41. The summed E-state index contributed by atoms with van der Waals surface area (Å²) in [6, 6.07) is 76.3. The number of fused-ring (bicyclic) bond motifs is 4. The van der Waals surface area contributed by atoms with E-state index in [0.717, 1.165) is 81.1 Å². The highest BCUT2D eigenvalue weighted by atomic mass is 79.9. The highest BCUT2D eigenvalue weighted by molar-refractivity contribution is 9.10. The first-order valence-corrected chi connectivity index (χ1v) is 46.6. The molecular formula is C101H97BrN18O10S4. The van der Waals surface area contributed by atoms with E-state index in [1.54, 1.807) is 67.2 Å². The molecule has 20 rings (SSSR count). The van der Waals surface area contributed by atoms with E-state index in [9.17, 15) is 48.6 Å². The summed E-state index contributed by atoms with van der Waals surface area (Å²) in [5.74, 6) is 0.778. The molecule has 4 fully saturated rings. The second kappa shape index (κ2) is 39.9. The number of nitrogens with zero attached hydrogens (tertiary/aromatic N) is 10. The summed E-state index contributed by atoms with van der Waals surface area (Å²) in [6.07, 6.45) is 11.9. The number of hydrogen-bond donors (Lipinski definition) is 10. The number of amides is 3. The van der Waals surface area contributed by atoms with E-state index < -0.39 is 34.7 Å². The van der Waals surface area contributed by atoms with Gasteiger partial charge >= 0.3 is 0 Å². The summed E-state index contributed by atoms with van der Waals surface area (Å²) in [5.41, 5.74) is 5.95. The quantitative estimate of drug-likeness (QED) is 0.0357. The van der Waals surface area contributed by atoms with Gasteiger partial charge in [0, 0.05) is 107 Å². The van der Waals surface area contributed by atoms with Crippen LogP contribution in [0.3, 0.4) is 0 Å². The van der Waals surface area contributed by atoms with Crippen molar-refractivity contribution in [2.45, 2.75) is 86.2 Å². The number of carbonyl (C=O) groups excluding carboxylic acids is 4. The molecule has 4 saturated heterocycles. The maximum absolute atomic E-state index is 14.0. The molecule has 4 aliphatic heterocycles. The topological polar surface area (TPSA) is 352 Å². The average Bonchev–Trinajstić information content (AvgIpc) is 1.40. The fourth-order valence-electron chi connectivity index (χ4n) is 18.8. The molecule has 7 aromatic carbocycles. The number of likely N-dealkylation sites (tertiary alicyclic amines) is 3. The van der Waals surface area contributed by atoms with Crippen molar-refractivity contribution in [3.05, 3.63) is 395 Å². The molecule has 16 aromatic rings. The summed E-state index contributed by atoms with van der Waals surface area (Å²) in [6.45, 7) is 12.1. The summed E-state index contributed by atoms with van der Waals surface area (Å²) < 4.78 is 9.39. The van der Waals surface area contributed by atoms with E-state index in [1.807, 2.05) is 240 Å². The standard InChI is InChI=1S/C27H26N4O3S.C25H23BrN4O3S.C25H24N4O3S.C24H24N6OS/c1-18(32)27(20-10-6-3-7-11-20)13-16-30(17-14-27)25(34)23(19-8-4-2-5-9-19)31-15-12-21-22(26(31)35)24(33)29-28-21;26-18-8-6-17(7-9-18)25(33)11-14-29(15-12-25)23(32)21(16-4-2-1-3-5-16)30-13-10-19-20(24(30)34)22(31)28-27-19;30-22-20-19(26-27-22)11-14-29(24(20)33)21(17-7-3-1-4-8-17)23(31)28-15-12-25(32,13-16-28)18-9-5-2-6-10-18;1-17(28-13-15-29(16-14-28)20-9-5-6-11-25-20)22(18-7-3-2-4-8-18)30-12-10-19-21(24(30)32)23(31)27-26-19/h2-12,15,23H,13-14,16-17H2,1H3,(H2,28,29,33);1-10,13,21,33H,11-12,14-15H2,(H2,27,28,31);1-11,14,21,32H,12-13,15-16H2,(H2,26,27,30);2-12,22H,1,13-16H2,(H2,26,27,31). The number of allylic oxidation sites excluding steroid dienone is 1. The minimum atomic E-state index is -0.979. The van der Waals surface area contributed by atoms with E-state index >= 15 is 0 Å². The number of benzene rings is 7. The van der Waals surface area contributed by atoms with Crippen LogP contribution in [0.5, 0.6) is 0 Å². The lowest BCUT2D eigenvalue weighted by Crippen LogP contribution is -2.50. The Kier molecular flexibility index (Phi) is 27.3. The largest absolute Gasteiger partial charge is 0.385 e. The monoisotopic (exact) mass is 1930 g/mol. The zero-order valence-electron chi connectivity index (χ0n) is 73.0. The normalized spacial score (nSPS) is 16.1. The molecular weight excluding hydrogens is 1830 g/mol. The summed E-state index contributed by atoms with van der Waals surface area (Å²) in [4.78, 5) is 118. The lowest BCUT2D eigenvalue weighted by atomic mass is 9.70. The summed E-state index contributed by atoms with van der Waals surface area (Å²) in [7, 11) is 0. The van der Waals surface area contributed by atoms with Crippen molar-refractivity contribution in [1.82, 2.24) is 83.6 Å². The maximum atomic E-state index is 14.0. The van der Waals surface area contributed by atoms with Crippen LogP contribution in [0, 0.1) is 18.6 Å². The highest BCUT2D eigenvalue weighted by Gasteiger charge is 2.44. The van der Waals surface area contributed by atoms with Crippen LogP contribution in [0.2, 0.25) is 0 Å². The van der Waals surface area contributed by atoms with Crippen LogP contribution in [0.1, 0.15) is 109 Å². The Morgan fingerprint density at radius 2 is 0.642 bits per heavy atom. The average molecular weight is 1930 g/mol. The smallest absolute Gasteiger partial charge is 0.274 e. The van der Waals surface area contributed by atoms with Crippen LogP contribution in [0.4, 0.5) is 5.82 Å². The number of aromatic nitrogens is 13. The first-order valence-electron chi connectivity index (χ1n) is 44.2. The lowest BCUT2D eigenvalue weighted by molar-refractivity contribution is -0.139. The molecule has 0 spiro atoms. The number of piperazine rings is 1. The summed E-state index contributed by atoms with van der Waals surface area (Å²) in [5, 5.41) is 45.6. The second-order valence-electron chi connectivity index (χ2n) is 33.9. The zero-order valence-corrected chi connectivity index (χ0v) is 77.9. The predicted octanol–water partition coefficient (Wildman–Crippen LogP) is 15.6. The second-order valence-corrected chi connectivity index (χ2v) is 36.4. The fraction of sp³-hybridized carbons (Fsp3) is 0.238. The van der Waals surface area contributed by atoms with Gasteiger partial charge in [0.1, 0.15) is 69.8 Å². The van der Waals surface area contributed by atoms with Crippen LogP contribution < -0.4 is 27.1 Å². The summed E-state index contributed by atoms with van der Waals surface area (Å²) >= 11 is 26.2. The number of ketones is 1. The zero-order chi connectivity index (χ0) is 93.5. The number of anilines is 1. The number of Topliss-reactive ketones (excluding diaryl/α,β-unsaturated/α-hetero) is 1. The lowest BCUT2D eigenvalue weighted by Gasteiger charge is -2.41. The maximum Gasteiger partial charge on any atom is 0.274 e. The molecule has 0 radical (unpaired) electrons. The minimum absolute atomic E-state index is 0.108. The van der Waals surface area contributed by atoms with Gasteiger partial charge in [-0.05, 0) is 133 Å². The third-order valence-corrected chi connectivity index (χ3v) is 28.5. The van der Waals surface area contributed by atoms with Gasteiger partial charge in [-0.3, -0.25) is 79.1 Å². The Morgan fingerprint density at radius 3 is 0.963 bits per heavy atom. The molecule has 13 heterocycles. The Hall–Kier alpha value is -13.9. The molecule has 9 aromatic heterocycles. The Labute approximate surface area is 797 Å². The van der Waals surface area contributed by atoms with E-state index in [0.29, 0.717) is 140 Å². The van der Waals surface area contributed by atoms with Gasteiger partial charge in [0.15, 0.2) is 0 Å². The predicted molar refractivity (Wildman–Crippen MR) is 531 cm³/mol. The van der Waals surface area contributed by atoms with E-state index in [1.165, 1.54) is 0 Å². The first-order chi connectivity index (χ1) is 64.9. The minimum Gasteiger partial charge on any atom is -0.385 e. The molecule has 134 heavy (non-hydrogen) atoms. The van der Waals surface area contributed by atoms with Gasteiger partial charge in [0.05, 0.1) is 44.7 Å². The number of halogens is 1. The number of pyridine rings is 5. The molecule has 3 amide bonds. The van der Waals surface area contributed by atoms with Crippen molar-refractivity contribution in [2.24, 2.45) is 0 Å². The molecule has 0 aliphatic carbocycles. The van der Waals surface area contributed by atoms with Crippen LogP contribution in [-0.2, 0) is 35.8 Å². The molecule has 33 heteroatoms. The van der Waals surface area contributed by atoms with Gasteiger partial charge in [-0.15, -0.1) is 0 Å². The van der Waals surface area contributed by atoms with Crippen LogP contribution >= 0.6 is 64.8 Å². The fourth-order valence-corrected chi connectivity index (χ4v) is 20.6. The number of aromatic amines is 8. The Balaban J connectivity index is 0.000000124. The van der Waals surface area contributed by atoms with Gasteiger partial charge in [0.2, 0.25) is 17.7 Å². The van der Waals surface area contributed by atoms with E-state index in [2.05, 4.69) is 90.2 Å². The number of carbonyl (C=O) groups is 4. The number of nitrogens with one attached hydrogen (secondary N) is 8. The van der Waals surface area contributed by atoms with Crippen LogP contribution in [-0.4, -0.2) is 183 Å². The van der Waals surface area contributed by atoms with Gasteiger partial charge < -0.3 is 53.0 Å². The third-order valence-electron chi connectivity index (χ3n) is 26.3. The van der Waals surface area contributed by atoms with Crippen molar-refractivity contribution in [3.63, 3.8) is 0 Å². The molecule has 4 atom stereocenters. The SMILES string of the molecule is C=C(C(c1ccccc1)n1ccc2[nH][nH]c(=O)c2c1=S)N1CCN(c2ccccn2)CC1.CC(=O)C1(c2ccccc2)CCN(C(=O)C(c2ccccc2)n2ccc3[nH][nH]c(=O)c3c2=S)CC1.O=C(C(c1ccccc1)n1ccc2[nH][nH]c(=O)c2c1=S)N1CCC(O)(c2ccc(Br)cc2)CC1.O=C(C(c1ccccc1)n1ccc2[nH][nH]c(=O)c2c1=S)N1CCC(O)(c2ccccc2)CC1. The molecule has 0 saturated carbocycles. The van der Waals surface area contributed by atoms with Crippen molar-refractivity contribution in [2.75, 3.05) is 70.3 Å². The number of H-pyrrole nitrogens is 8.